The van der Waals surface area contributed by atoms with Crippen molar-refractivity contribution >= 4 is 0 Å². The molecule has 1 aromatic rings. The first-order valence-electron chi connectivity index (χ1n) is 6.70. The predicted octanol–water partition coefficient (Wildman–Crippen LogP) is 2.26. The molecule has 1 aliphatic carbocycles. The molecule has 2 rings (SSSR count). The average molecular weight is 259 g/mol. The fourth-order valence-electron chi connectivity index (χ4n) is 2.40. The van der Waals surface area contributed by atoms with E-state index in [0.717, 1.165) is 18.7 Å². The summed E-state index contributed by atoms with van der Waals surface area (Å²) in [6.07, 6.45) is 6.25. The smallest absolute Gasteiger partial charge is 0.273 e. The lowest BCUT2D eigenvalue weighted by Crippen LogP contribution is -2.36. The number of rotatable bonds is 2. The Balaban J connectivity index is 2.50. The monoisotopic (exact) mass is 259 g/mol. The Hall–Kier alpha value is -1.76. The second-order valence-electron chi connectivity index (χ2n) is 5.87. The molecule has 0 unspecified atom stereocenters. The molecule has 0 saturated carbocycles. The largest absolute Gasteiger partial charge is 0.347 e. The minimum absolute atomic E-state index is 0.0582. The number of aromatic nitrogens is 3. The molecule has 0 fully saturated rings. The lowest BCUT2D eigenvalue weighted by Gasteiger charge is -2.23. The van der Waals surface area contributed by atoms with Crippen LogP contribution in [0.5, 0.6) is 0 Å². The van der Waals surface area contributed by atoms with Crippen molar-refractivity contribution in [2.45, 2.75) is 58.5 Å². The highest BCUT2D eigenvalue weighted by molar-refractivity contribution is 5.11. The maximum Gasteiger partial charge on any atom is 0.347 e. The number of hydrogen-bond acceptors (Lipinski definition) is 2. The molecule has 0 N–H and O–H groups in total. The van der Waals surface area contributed by atoms with Gasteiger partial charge >= 0.3 is 5.69 Å². The number of hydrogen-bond donors (Lipinski definition) is 0. The van der Waals surface area contributed by atoms with E-state index in [1.54, 1.807) is 6.92 Å². The molecule has 102 valence electrons. The van der Waals surface area contributed by atoms with Crippen LogP contribution in [-0.4, -0.2) is 14.3 Å². The van der Waals surface area contributed by atoms with Gasteiger partial charge in [-0.3, -0.25) is 4.57 Å². The summed E-state index contributed by atoms with van der Waals surface area (Å²) in [5.41, 5.74) is -0.315. The van der Waals surface area contributed by atoms with E-state index < -0.39 is 0 Å². The minimum Gasteiger partial charge on any atom is -0.273 e. The van der Waals surface area contributed by atoms with Gasteiger partial charge in [-0.05, 0) is 40.5 Å². The molecule has 0 radical (unpaired) electrons. The maximum absolute atomic E-state index is 12.5. The number of nitrogens with zero attached hydrogens (tertiary/aromatic N) is 3. The Morgan fingerprint density at radius 2 is 2.00 bits per heavy atom. The van der Waals surface area contributed by atoms with Crippen LogP contribution >= 0.6 is 0 Å². The van der Waals surface area contributed by atoms with Gasteiger partial charge in [0, 0.05) is 11.5 Å². The van der Waals surface area contributed by atoms with E-state index in [4.69, 9.17) is 0 Å². The third-order valence-corrected chi connectivity index (χ3v) is 3.31. The molecule has 0 bridgehead atoms. The summed E-state index contributed by atoms with van der Waals surface area (Å²) in [5, 5.41) is 4.52. The lowest BCUT2D eigenvalue weighted by molar-refractivity contribution is 0.361. The molecule has 0 spiro atoms. The summed E-state index contributed by atoms with van der Waals surface area (Å²) in [6.45, 7) is 8.26. The van der Waals surface area contributed by atoms with Crippen molar-refractivity contribution in [1.29, 1.82) is 0 Å². The third kappa shape index (κ3) is 2.65. The maximum atomic E-state index is 12.5. The fourth-order valence-corrected chi connectivity index (χ4v) is 2.40. The van der Waals surface area contributed by atoms with Crippen molar-refractivity contribution < 1.29 is 0 Å². The fraction of sp³-hybridized carbons (Fsp3) is 0.600. The molecular formula is C15H21N3O. The Morgan fingerprint density at radius 3 is 2.53 bits per heavy atom. The van der Waals surface area contributed by atoms with E-state index in [1.807, 2.05) is 25.3 Å². The topological polar surface area (TPSA) is 39.8 Å². The van der Waals surface area contributed by atoms with Gasteiger partial charge in [0.2, 0.25) is 0 Å². The third-order valence-electron chi connectivity index (χ3n) is 3.31. The van der Waals surface area contributed by atoms with Gasteiger partial charge in [-0.25, -0.2) is 9.48 Å². The van der Waals surface area contributed by atoms with Gasteiger partial charge in [0.15, 0.2) is 0 Å². The molecule has 1 aromatic heterocycles. The lowest BCUT2D eigenvalue weighted by atomic mass is 10.0. The molecular weight excluding hydrogens is 238 g/mol. The van der Waals surface area contributed by atoms with Gasteiger partial charge in [-0.2, -0.15) is 5.10 Å². The van der Waals surface area contributed by atoms with Crippen LogP contribution in [0.3, 0.4) is 0 Å². The van der Waals surface area contributed by atoms with Crippen molar-refractivity contribution in [3.63, 3.8) is 0 Å². The Morgan fingerprint density at radius 1 is 1.37 bits per heavy atom. The van der Waals surface area contributed by atoms with Crippen molar-refractivity contribution in [3.05, 3.63) is 28.5 Å². The molecule has 0 aliphatic heterocycles. The highest BCUT2D eigenvalue weighted by Gasteiger charge is 2.28. The van der Waals surface area contributed by atoms with E-state index >= 15 is 0 Å². The van der Waals surface area contributed by atoms with Gasteiger partial charge < -0.3 is 0 Å². The Bertz CT molecular complexity index is 594. The molecule has 0 atom stereocenters. The summed E-state index contributed by atoms with van der Waals surface area (Å²) in [5.74, 6) is 6.93. The van der Waals surface area contributed by atoms with Crippen LogP contribution in [-0.2, 0) is 12.1 Å². The first kappa shape index (κ1) is 13.7. The van der Waals surface area contributed by atoms with E-state index in [9.17, 15) is 4.79 Å². The first-order valence-corrected chi connectivity index (χ1v) is 6.70. The van der Waals surface area contributed by atoms with Gasteiger partial charge in [-0.1, -0.05) is 18.1 Å². The molecule has 0 saturated heterocycles. The van der Waals surface area contributed by atoms with E-state index in [1.165, 1.54) is 4.68 Å². The van der Waals surface area contributed by atoms with E-state index in [-0.39, 0.29) is 11.2 Å². The van der Waals surface area contributed by atoms with Crippen molar-refractivity contribution in [3.8, 4) is 11.8 Å². The molecule has 1 heterocycles. The summed E-state index contributed by atoms with van der Waals surface area (Å²) < 4.78 is 3.30. The second-order valence-corrected chi connectivity index (χ2v) is 5.87. The summed E-state index contributed by atoms with van der Waals surface area (Å²) in [4.78, 5) is 12.5. The first-order chi connectivity index (χ1) is 8.95. The SMILES string of the molecule is CC#CCn1nc(C2CC=CC2)n(C(C)(C)C)c1=O. The molecule has 4 nitrogen and oxygen atoms in total. The Labute approximate surface area is 114 Å². The second kappa shape index (κ2) is 5.08. The highest BCUT2D eigenvalue weighted by atomic mass is 16.2. The zero-order valence-corrected chi connectivity index (χ0v) is 12.1. The van der Waals surface area contributed by atoms with E-state index in [2.05, 4.69) is 29.1 Å². The highest BCUT2D eigenvalue weighted by Crippen LogP contribution is 2.29. The Kier molecular flexibility index (Phi) is 3.66. The van der Waals surface area contributed by atoms with Crippen LogP contribution in [0.2, 0.25) is 0 Å². The van der Waals surface area contributed by atoms with Gasteiger partial charge in [0.05, 0.1) is 0 Å². The van der Waals surface area contributed by atoms with Crippen molar-refractivity contribution in [1.82, 2.24) is 14.3 Å². The van der Waals surface area contributed by atoms with Gasteiger partial charge in [0.25, 0.3) is 0 Å². The summed E-state index contributed by atoms with van der Waals surface area (Å²) >= 11 is 0. The molecule has 0 amide bonds. The average Bonchev–Trinajstić information content (AvgIpc) is 2.92. The van der Waals surface area contributed by atoms with Gasteiger partial charge in [0.1, 0.15) is 12.4 Å². The predicted molar refractivity (Wildman–Crippen MR) is 76.0 cm³/mol. The van der Waals surface area contributed by atoms with Crippen LogP contribution < -0.4 is 5.69 Å². The minimum atomic E-state index is -0.257. The van der Waals surface area contributed by atoms with Crippen LogP contribution in [0, 0.1) is 11.8 Å². The van der Waals surface area contributed by atoms with Crippen LogP contribution in [0.25, 0.3) is 0 Å². The zero-order valence-electron chi connectivity index (χ0n) is 12.1. The quantitative estimate of drug-likeness (QED) is 0.603. The molecule has 1 aliphatic rings. The number of allylic oxidation sites excluding steroid dienone is 2. The van der Waals surface area contributed by atoms with Crippen molar-refractivity contribution in [2.75, 3.05) is 0 Å². The molecule has 19 heavy (non-hydrogen) atoms. The zero-order chi connectivity index (χ0) is 14.0. The molecule has 0 aromatic carbocycles. The van der Waals surface area contributed by atoms with Crippen LogP contribution in [0.15, 0.2) is 16.9 Å². The van der Waals surface area contributed by atoms with Crippen LogP contribution in [0.1, 0.15) is 52.3 Å². The van der Waals surface area contributed by atoms with Gasteiger partial charge in [-0.15, -0.1) is 5.92 Å². The normalized spacial score (nSPS) is 15.6. The molecule has 4 heteroatoms. The van der Waals surface area contributed by atoms with Crippen LogP contribution in [0.4, 0.5) is 0 Å². The van der Waals surface area contributed by atoms with E-state index in [0.29, 0.717) is 12.5 Å². The summed E-state index contributed by atoms with van der Waals surface area (Å²) in [6, 6.07) is 0. The van der Waals surface area contributed by atoms with Crippen molar-refractivity contribution in [2.24, 2.45) is 0 Å². The summed E-state index contributed by atoms with van der Waals surface area (Å²) in [7, 11) is 0. The standard InChI is InChI=1S/C15H21N3O/c1-5-6-11-17-14(19)18(15(2,3)4)13(16-17)12-9-7-8-10-12/h7-8,12H,9-11H2,1-4H3.